The van der Waals surface area contributed by atoms with E-state index in [4.69, 9.17) is 14.9 Å². The predicted octanol–water partition coefficient (Wildman–Crippen LogP) is 5.18. The lowest BCUT2D eigenvalue weighted by atomic mass is 9.78. The molecule has 0 aromatic heterocycles. The van der Waals surface area contributed by atoms with Gasteiger partial charge in [-0.2, -0.15) is 0 Å². The van der Waals surface area contributed by atoms with Crippen LogP contribution >= 0.6 is 0 Å². The van der Waals surface area contributed by atoms with Crippen molar-refractivity contribution in [1.29, 1.82) is 5.41 Å². The van der Waals surface area contributed by atoms with Crippen LogP contribution in [0, 0.1) is 5.41 Å². The summed E-state index contributed by atoms with van der Waals surface area (Å²) in [6.07, 6.45) is 0.688. The molecule has 1 aliphatic rings. The Hall–Kier alpha value is -3.39. The van der Waals surface area contributed by atoms with E-state index < -0.39 is 0 Å². The monoisotopic (exact) mass is 537 g/mol. The number of benzene rings is 2. The molecule has 1 heterocycles. The van der Waals surface area contributed by atoms with Crippen LogP contribution in [-0.4, -0.2) is 60.9 Å². The van der Waals surface area contributed by atoms with Crippen LogP contribution in [0.2, 0.25) is 0 Å². The van der Waals surface area contributed by atoms with Crippen LogP contribution in [0.1, 0.15) is 97.9 Å². The van der Waals surface area contributed by atoms with E-state index in [0.29, 0.717) is 55.2 Å². The zero-order valence-corrected chi connectivity index (χ0v) is 24.6. The Kier molecular flexibility index (Phi) is 9.11. The van der Waals surface area contributed by atoms with Crippen LogP contribution in [-0.2, 0) is 22.1 Å². The van der Waals surface area contributed by atoms with Gasteiger partial charge in [-0.15, -0.1) is 0 Å². The molecule has 39 heavy (non-hydrogen) atoms. The maximum absolute atomic E-state index is 13.6. The van der Waals surface area contributed by atoms with E-state index in [2.05, 4.69) is 5.32 Å². The highest BCUT2D eigenvalue weighted by molar-refractivity contribution is 6.07. The minimum atomic E-state index is -0.354. The number of carbonyl (C=O) groups excluding carboxylic acids is 2. The lowest BCUT2D eigenvalue weighted by molar-refractivity contribution is 0.0941. The number of carbonyl (C=O) groups is 2. The zero-order valence-electron chi connectivity index (χ0n) is 24.6. The Morgan fingerprint density at radius 2 is 1.67 bits per heavy atom. The number of methoxy groups -OCH3 is 1. The number of aromatic hydroxyl groups is 1. The van der Waals surface area contributed by atoms with Gasteiger partial charge in [-0.25, -0.2) is 0 Å². The molecule has 1 amide bonds. The number of hydrogen-bond donors (Lipinski definition) is 3. The second kappa shape index (κ2) is 11.8. The van der Waals surface area contributed by atoms with E-state index in [1.807, 2.05) is 48.5 Å². The first-order valence-corrected chi connectivity index (χ1v) is 13.5. The summed E-state index contributed by atoms with van der Waals surface area (Å²) in [5, 5.41) is 22.7. The fourth-order valence-electron chi connectivity index (χ4n) is 4.73. The molecule has 2 aromatic rings. The van der Waals surface area contributed by atoms with E-state index in [1.165, 1.54) is 0 Å². The number of ether oxygens (including phenoxy) is 2. The van der Waals surface area contributed by atoms with Gasteiger partial charge in [0.2, 0.25) is 0 Å². The average molecular weight is 538 g/mol. The van der Waals surface area contributed by atoms with Gasteiger partial charge in [-0.1, -0.05) is 41.5 Å². The van der Waals surface area contributed by atoms with Gasteiger partial charge in [0.1, 0.15) is 17.3 Å². The fraction of sp³-hybridized carbons (Fsp3) is 0.516. The van der Waals surface area contributed by atoms with Crippen LogP contribution in [0.3, 0.4) is 0 Å². The summed E-state index contributed by atoms with van der Waals surface area (Å²) < 4.78 is 10.8. The Morgan fingerprint density at radius 1 is 1.05 bits per heavy atom. The van der Waals surface area contributed by atoms with Crippen molar-refractivity contribution in [3.05, 3.63) is 57.6 Å². The number of ketones is 1. The minimum Gasteiger partial charge on any atom is -0.507 e. The number of amidine groups is 1. The Labute approximate surface area is 232 Å². The second-order valence-corrected chi connectivity index (χ2v) is 12.1. The highest BCUT2D eigenvalue weighted by Gasteiger charge is 2.31. The van der Waals surface area contributed by atoms with Crippen molar-refractivity contribution in [3.8, 4) is 11.5 Å². The van der Waals surface area contributed by atoms with Gasteiger partial charge in [0, 0.05) is 49.1 Å². The quantitative estimate of drug-likeness (QED) is 0.285. The van der Waals surface area contributed by atoms with Crippen LogP contribution in [0.4, 0.5) is 0 Å². The number of amides is 1. The summed E-state index contributed by atoms with van der Waals surface area (Å²) in [5.74, 6) is 0.479. The maximum Gasteiger partial charge on any atom is 0.255 e. The third kappa shape index (κ3) is 6.79. The maximum atomic E-state index is 13.6. The molecule has 3 rings (SSSR count). The molecule has 1 aliphatic heterocycles. The largest absolute Gasteiger partial charge is 0.507 e. The van der Waals surface area contributed by atoms with E-state index in [1.54, 1.807) is 36.3 Å². The minimum absolute atomic E-state index is 0.00791. The third-order valence-electron chi connectivity index (χ3n) is 6.88. The molecule has 0 atom stereocenters. The van der Waals surface area contributed by atoms with Crippen LogP contribution in [0.5, 0.6) is 11.5 Å². The molecule has 212 valence electrons. The van der Waals surface area contributed by atoms with Gasteiger partial charge in [0.05, 0.1) is 18.7 Å². The molecule has 0 saturated carbocycles. The normalized spacial score (nSPS) is 13.4. The number of nitrogens with one attached hydrogen (secondary N) is 2. The van der Waals surface area contributed by atoms with E-state index >= 15 is 0 Å². The first-order chi connectivity index (χ1) is 18.2. The molecule has 0 fully saturated rings. The van der Waals surface area contributed by atoms with Crippen molar-refractivity contribution in [2.45, 2.75) is 72.3 Å². The molecular weight excluding hydrogens is 494 g/mol. The van der Waals surface area contributed by atoms with Gasteiger partial charge in [-0.3, -0.25) is 15.0 Å². The Balaban J connectivity index is 1.89. The molecule has 8 heteroatoms. The van der Waals surface area contributed by atoms with Crippen LogP contribution < -0.4 is 10.1 Å². The molecule has 0 aliphatic carbocycles. The molecule has 2 aromatic carbocycles. The molecule has 8 nitrogen and oxygen atoms in total. The summed E-state index contributed by atoms with van der Waals surface area (Å²) in [7, 11) is 1.62. The third-order valence-corrected chi connectivity index (χ3v) is 6.88. The van der Waals surface area contributed by atoms with E-state index in [0.717, 1.165) is 16.7 Å². The van der Waals surface area contributed by atoms with Gasteiger partial charge in [-0.05, 0) is 54.0 Å². The molecule has 0 unspecified atom stereocenters. The van der Waals surface area contributed by atoms with Gasteiger partial charge < -0.3 is 24.8 Å². The second-order valence-electron chi connectivity index (χ2n) is 12.1. The van der Waals surface area contributed by atoms with Crippen LogP contribution in [0.15, 0.2) is 24.3 Å². The summed E-state index contributed by atoms with van der Waals surface area (Å²) in [6.45, 7) is 15.7. The zero-order chi connectivity index (χ0) is 29.1. The van der Waals surface area contributed by atoms with Crippen molar-refractivity contribution < 1.29 is 24.2 Å². The molecule has 0 spiro atoms. The average Bonchev–Trinajstić information content (AvgIpc) is 3.14. The fourth-order valence-corrected chi connectivity index (χ4v) is 4.73. The van der Waals surface area contributed by atoms with Gasteiger partial charge in [0.25, 0.3) is 5.91 Å². The number of Topliss-reactive ketones (excluding diaryl/α,β-unsaturated/α-hetero) is 1. The Morgan fingerprint density at radius 3 is 2.21 bits per heavy atom. The smallest absolute Gasteiger partial charge is 0.255 e. The summed E-state index contributed by atoms with van der Waals surface area (Å²) in [5.41, 5.74) is 3.07. The number of nitrogens with zero attached hydrogens (tertiary/aromatic N) is 1. The van der Waals surface area contributed by atoms with Gasteiger partial charge >= 0.3 is 0 Å². The van der Waals surface area contributed by atoms with E-state index in [9.17, 15) is 14.7 Å². The Bertz CT molecular complexity index is 1220. The standard InChI is InChI=1S/C31H43N3O5/c1-9-39-26-15-20-17-34(28(32)21(20)16-22(26)29(37)33-11-10-12-38-8)18-25(35)19-13-23(30(2,3)4)27(36)24(14-19)31(5,6)7/h13-16,32,36H,9-12,17-18H2,1-8H3,(H,33,37). The number of rotatable bonds is 10. The van der Waals surface area contributed by atoms with Crippen LogP contribution in [0.25, 0.3) is 0 Å². The highest BCUT2D eigenvalue weighted by Crippen LogP contribution is 2.40. The molecule has 0 saturated heterocycles. The molecule has 0 bridgehead atoms. The predicted molar refractivity (Wildman–Crippen MR) is 154 cm³/mol. The first-order valence-electron chi connectivity index (χ1n) is 13.5. The number of fused-ring (bicyclic) bond motifs is 1. The van der Waals surface area contributed by atoms with E-state index in [-0.39, 0.29) is 40.7 Å². The molecule has 3 N–H and O–H groups in total. The summed E-state index contributed by atoms with van der Waals surface area (Å²) in [6, 6.07) is 7.05. The molecular formula is C31H43N3O5. The van der Waals surface area contributed by atoms with Crippen molar-refractivity contribution in [3.63, 3.8) is 0 Å². The lowest BCUT2D eigenvalue weighted by Crippen LogP contribution is -2.31. The highest BCUT2D eigenvalue weighted by atomic mass is 16.5. The SMILES string of the molecule is CCOc1cc2c(cc1C(=O)NCCCOC)C(=N)N(CC(=O)c1cc(C(C)(C)C)c(O)c(C(C)(C)C)c1)C2. The lowest BCUT2D eigenvalue weighted by Gasteiger charge is -2.28. The number of phenolic OH excluding ortho intramolecular Hbond substituents is 1. The number of hydrogen-bond acceptors (Lipinski definition) is 6. The first kappa shape index (κ1) is 30.2. The summed E-state index contributed by atoms with van der Waals surface area (Å²) in [4.78, 5) is 28.2. The van der Waals surface area contributed by atoms with Gasteiger partial charge in [0.15, 0.2) is 5.78 Å². The molecule has 0 radical (unpaired) electrons. The van der Waals surface area contributed by atoms with Crippen molar-refractivity contribution in [2.24, 2.45) is 0 Å². The number of phenols is 1. The topological polar surface area (TPSA) is 112 Å². The van der Waals surface area contributed by atoms with Crippen molar-refractivity contribution in [2.75, 3.05) is 33.4 Å². The van der Waals surface area contributed by atoms with Crippen molar-refractivity contribution in [1.82, 2.24) is 10.2 Å². The summed E-state index contributed by atoms with van der Waals surface area (Å²) >= 11 is 0. The van der Waals surface area contributed by atoms with Crippen molar-refractivity contribution >= 4 is 17.5 Å².